The lowest BCUT2D eigenvalue weighted by Gasteiger charge is -2.31. The Kier molecular flexibility index (Phi) is 3.64. The summed E-state index contributed by atoms with van der Waals surface area (Å²) in [6.45, 7) is 2.66. The van der Waals surface area contributed by atoms with E-state index >= 15 is 0 Å². The van der Waals surface area contributed by atoms with E-state index in [9.17, 15) is 4.79 Å². The minimum absolute atomic E-state index is 0.199. The Hall–Kier alpha value is -1.26. The van der Waals surface area contributed by atoms with E-state index in [2.05, 4.69) is 10.0 Å². The second kappa shape index (κ2) is 5.18. The van der Waals surface area contributed by atoms with Crippen LogP contribution in [0, 0.1) is 5.92 Å². The fourth-order valence-electron chi connectivity index (χ4n) is 2.43. The molecular weight excluding hydrogens is 208 g/mol. The van der Waals surface area contributed by atoms with Crippen LogP contribution in [0.4, 0.5) is 0 Å². The van der Waals surface area contributed by atoms with Crippen LogP contribution in [0.15, 0.2) is 5.11 Å². The van der Waals surface area contributed by atoms with E-state index in [-0.39, 0.29) is 11.8 Å². The number of nitrogens with zero attached hydrogens (tertiary/aromatic N) is 4. The Balaban J connectivity index is 1.90. The van der Waals surface area contributed by atoms with Gasteiger partial charge in [0.05, 0.1) is 0 Å². The summed E-state index contributed by atoms with van der Waals surface area (Å²) in [6.07, 6.45) is 2.39. The monoisotopic (exact) mass is 224 g/mol. The zero-order chi connectivity index (χ0) is 11.4. The first kappa shape index (κ1) is 11.2. The number of carbonyl (C=O) groups is 1. The summed E-state index contributed by atoms with van der Waals surface area (Å²) in [5.74, 6) is 0.399. The van der Waals surface area contributed by atoms with Crippen molar-refractivity contribution in [3.05, 3.63) is 10.4 Å². The highest BCUT2D eigenvalue weighted by Gasteiger charge is 2.34. The average molecular weight is 224 g/mol. The van der Waals surface area contributed by atoms with Gasteiger partial charge in [-0.05, 0) is 24.3 Å². The molecule has 1 amide bonds. The van der Waals surface area contributed by atoms with Gasteiger partial charge in [0, 0.05) is 43.7 Å². The molecule has 0 bridgehead atoms. The van der Waals surface area contributed by atoms with Crippen molar-refractivity contribution in [1.29, 1.82) is 0 Å². The highest BCUT2D eigenvalue weighted by atomic mass is 16.5. The number of ether oxygens (including phenoxy) is 1. The van der Waals surface area contributed by atoms with Gasteiger partial charge in [0.1, 0.15) is 0 Å². The van der Waals surface area contributed by atoms with Crippen LogP contribution >= 0.6 is 0 Å². The number of hydrogen-bond acceptors (Lipinski definition) is 3. The number of azide groups is 1. The predicted octanol–water partition coefficient (Wildman–Crippen LogP) is 1.32. The summed E-state index contributed by atoms with van der Waals surface area (Å²) >= 11 is 0. The number of carbonyl (C=O) groups excluding carboxylic acids is 1. The van der Waals surface area contributed by atoms with E-state index in [1.54, 1.807) is 0 Å². The minimum Gasteiger partial charge on any atom is -0.381 e. The second-order valence-corrected chi connectivity index (χ2v) is 4.37. The zero-order valence-corrected chi connectivity index (χ0v) is 9.21. The maximum atomic E-state index is 11.8. The maximum absolute atomic E-state index is 11.8. The molecule has 0 N–H and O–H groups in total. The van der Waals surface area contributed by atoms with E-state index in [1.165, 1.54) is 0 Å². The van der Waals surface area contributed by atoms with E-state index in [0.717, 1.165) is 32.6 Å². The van der Waals surface area contributed by atoms with Gasteiger partial charge in [-0.15, -0.1) is 0 Å². The molecule has 0 spiro atoms. The summed E-state index contributed by atoms with van der Waals surface area (Å²) in [7, 11) is 0. The van der Waals surface area contributed by atoms with Crippen molar-refractivity contribution in [2.24, 2.45) is 11.0 Å². The quantitative estimate of drug-likeness (QED) is 0.411. The molecule has 88 valence electrons. The van der Waals surface area contributed by atoms with Gasteiger partial charge in [-0.2, -0.15) is 0 Å². The van der Waals surface area contributed by atoms with Crippen molar-refractivity contribution in [1.82, 2.24) is 4.90 Å². The van der Waals surface area contributed by atoms with E-state index < -0.39 is 0 Å². The first-order chi connectivity index (χ1) is 7.81. The molecule has 2 rings (SSSR count). The van der Waals surface area contributed by atoms with E-state index in [0.29, 0.717) is 19.0 Å². The summed E-state index contributed by atoms with van der Waals surface area (Å²) in [4.78, 5) is 16.5. The average Bonchev–Trinajstić information content (AvgIpc) is 2.69. The maximum Gasteiger partial charge on any atom is 0.223 e. The van der Waals surface area contributed by atoms with Crippen LogP contribution in [0.5, 0.6) is 0 Å². The fourth-order valence-corrected chi connectivity index (χ4v) is 2.43. The normalized spacial score (nSPS) is 26.9. The molecular formula is C10H16N4O2. The van der Waals surface area contributed by atoms with Crippen molar-refractivity contribution in [3.8, 4) is 0 Å². The van der Waals surface area contributed by atoms with Gasteiger partial charge in [-0.3, -0.25) is 4.79 Å². The highest BCUT2D eigenvalue weighted by molar-refractivity contribution is 5.79. The summed E-state index contributed by atoms with van der Waals surface area (Å²) in [5.41, 5.74) is 8.25. The molecule has 1 atom stereocenters. The molecule has 0 aromatic rings. The van der Waals surface area contributed by atoms with Crippen molar-refractivity contribution in [2.75, 3.05) is 26.3 Å². The molecule has 16 heavy (non-hydrogen) atoms. The molecule has 0 radical (unpaired) electrons. The molecule has 0 saturated carbocycles. The fraction of sp³-hybridized carbons (Fsp3) is 0.900. The van der Waals surface area contributed by atoms with Crippen LogP contribution in [0.25, 0.3) is 10.4 Å². The number of rotatable bonds is 3. The first-order valence-corrected chi connectivity index (χ1v) is 5.69. The van der Waals surface area contributed by atoms with E-state index in [1.807, 2.05) is 4.90 Å². The molecule has 6 nitrogen and oxygen atoms in total. The van der Waals surface area contributed by atoms with Crippen molar-refractivity contribution in [2.45, 2.75) is 25.3 Å². The Morgan fingerprint density at radius 1 is 1.50 bits per heavy atom. The predicted molar refractivity (Wildman–Crippen MR) is 57.7 cm³/mol. The molecule has 2 heterocycles. The third kappa shape index (κ3) is 2.46. The Labute approximate surface area is 94.2 Å². The van der Waals surface area contributed by atoms with Crippen molar-refractivity contribution in [3.63, 3.8) is 0 Å². The summed E-state index contributed by atoms with van der Waals surface area (Å²) in [6, 6.07) is 0.331. The van der Waals surface area contributed by atoms with Crippen LogP contribution in [-0.2, 0) is 9.53 Å². The van der Waals surface area contributed by atoms with Crippen LogP contribution in [0.3, 0.4) is 0 Å². The molecule has 0 aromatic carbocycles. The number of hydrogen-bond donors (Lipinski definition) is 0. The lowest BCUT2D eigenvalue weighted by molar-refractivity contribution is -0.131. The lowest BCUT2D eigenvalue weighted by atomic mass is 10.1. The Bertz CT molecular complexity index is 308. The summed E-state index contributed by atoms with van der Waals surface area (Å²) < 4.78 is 5.28. The standard InChI is InChI=1S/C10H16N4O2/c11-13-12-6-8-5-10(15)14(7-8)9-1-3-16-4-2-9/h8-9H,1-7H2. The molecule has 0 aliphatic carbocycles. The van der Waals surface area contributed by atoms with Gasteiger partial charge in [-0.1, -0.05) is 5.11 Å². The molecule has 1 unspecified atom stereocenters. The zero-order valence-electron chi connectivity index (χ0n) is 9.21. The Morgan fingerprint density at radius 2 is 2.25 bits per heavy atom. The van der Waals surface area contributed by atoms with E-state index in [4.69, 9.17) is 10.3 Å². The molecule has 2 aliphatic heterocycles. The van der Waals surface area contributed by atoms with Crippen molar-refractivity contribution < 1.29 is 9.53 Å². The van der Waals surface area contributed by atoms with Gasteiger partial charge in [0.2, 0.25) is 5.91 Å². The molecule has 6 heteroatoms. The lowest BCUT2D eigenvalue weighted by Crippen LogP contribution is -2.40. The van der Waals surface area contributed by atoms with Crippen LogP contribution < -0.4 is 0 Å². The third-order valence-corrected chi connectivity index (χ3v) is 3.27. The third-order valence-electron chi connectivity index (χ3n) is 3.27. The molecule has 2 aliphatic rings. The van der Waals surface area contributed by atoms with Gasteiger partial charge < -0.3 is 9.64 Å². The minimum atomic E-state index is 0.199. The largest absolute Gasteiger partial charge is 0.381 e. The van der Waals surface area contributed by atoms with Crippen molar-refractivity contribution >= 4 is 5.91 Å². The van der Waals surface area contributed by atoms with Gasteiger partial charge in [0.25, 0.3) is 0 Å². The topological polar surface area (TPSA) is 78.3 Å². The number of amides is 1. The van der Waals surface area contributed by atoms with Gasteiger partial charge >= 0.3 is 0 Å². The second-order valence-electron chi connectivity index (χ2n) is 4.37. The van der Waals surface area contributed by atoms with Crippen LogP contribution in [0.2, 0.25) is 0 Å². The van der Waals surface area contributed by atoms with Crippen LogP contribution in [0.1, 0.15) is 19.3 Å². The first-order valence-electron chi connectivity index (χ1n) is 5.69. The summed E-state index contributed by atoms with van der Waals surface area (Å²) in [5, 5.41) is 3.54. The van der Waals surface area contributed by atoms with Gasteiger partial charge in [-0.25, -0.2) is 0 Å². The smallest absolute Gasteiger partial charge is 0.223 e. The molecule has 2 fully saturated rings. The SMILES string of the molecule is [N-]=[N+]=NCC1CC(=O)N(C2CCOCC2)C1. The number of likely N-dealkylation sites (tertiary alicyclic amines) is 1. The molecule has 0 aromatic heterocycles. The van der Waals surface area contributed by atoms with Gasteiger partial charge in [0.15, 0.2) is 0 Å². The molecule has 2 saturated heterocycles. The van der Waals surface area contributed by atoms with Crippen LogP contribution in [-0.4, -0.2) is 43.2 Å². The Morgan fingerprint density at radius 3 is 2.94 bits per heavy atom. The highest BCUT2D eigenvalue weighted by Crippen LogP contribution is 2.24.